The van der Waals surface area contributed by atoms with E-state index in [4.69, 9.17) is 32.7 Å². The third-order valence-corrected chi connectivity index (χ3v) is 5.92. The number of thioether (sulfide) groups is 1. The molecule has 0 radical (unpaired) electrons. The summed E-state index contributed by atoms with van der Waals surface area (Å²) in [6, 6.07) is 10.0. The van der Waals surface area contributed by atoms with Gasteiger partial charge in [-0.25, -0.2) is 9.79 Å². The molecule has 0 saturated carbocycles. The summed E-state index contributed by atoms with van der Waals surface area (Å²) in [7, 11) is 1.46. The maximum absolute atomic E-state index is 12.4. The number of hydrogen-bond acceptors (Lipinski definition) is 6. The first-order chi connectivity index (χ1) is 14.8. The van der Waals surface area contributed by atoms with E-state index < -0.39 is 12.1 Å². The Morgan fingerprint density at radius 3 is 2.74 bits per heavy atom. The quantitative estimate of drug-likeness (QED) is 0.532. The molecule has 1 amide bonds. The Morgan fingerprint density at radius 2 is 2.06 bits per heavy atom. The predicted molar refractivity (Wildman–Crippen MR) is 123 cm³/mol. The number of benzene rings is 2. The third kappa shape index (κ3) is 5.52. The van der Waals surface area contributed by atoms with Crippen LogP contribution in [0.1, 0.15) is 18.9 Å². The number of methoxy groups -OCH3 is 1. The van der Waals surface area contributed by atoms with Crippen LogP contribution < -0.4 is 14.8 Å². The molecule has 2 aromatic rings. The van der Waals surface area contributed by atoms with Crippen LogP contribution in [0.15, 0.2) is 46.3 Å². The van der Waals surface area contributed by atoms with Gasteiger partial charge < -0.3 is 19.9 Å². The molecule has 1 aliphatic heterocycles. The first-order valence-corrected chi connectivity index (χ1v) is 10.7. The van der Waals surface area contributed by atoms with E-state index in [9.17, 15) is 14.7 Å². The minimum atomic E-state index is -1.05. The minimum absolute atomic E-state index is 0.302. The second kappa shape index (κ2) is 10.1. The topological polar surface area (TPSA) is 97.2 Å². The molecule has 3 rings (SSSR count). The zero-order valence-electron chi connectivity index (χ0n) is 16.5. The molecule has 1 unspecified atom stereocenters. The van der Waals surface area contributed by atoms with E-state index in [1.165, 1.54) is 7.11 Å². The van der Waals surface area contributed by atoms with Gasteiger partial charge in [0.1, 0.15) is 0 Å². The van der Waals surface area contributed by atoms with Crippen LogP contribution in [-0.4, -0.2) is 35.4 Å². The van der Waals surface area contributed by atoms with Crippen LogP contribution in [-0.2, 0) is 9.59 Å². The number of amidine groups is 1. The molecule has 0 spiro atoms. The van der Waals surface area contributed by atoms with E-state index in [2.05, 4.69) is 10.3 Å². The average Bonchev–Trinajstić information content (AvgIpc) is 3.08. The highest BCUT2D eigenvalue weighted by atomic mass is 35.5. The first-order valence-electron chi connectivity index (χ1n) is 9.13. The van der Waals surface area contributed by atoms with Gasteiger partial charge in [-0.2, -0.15) is 0 Å². The number of rotatable bonds is 7. The second-order valence-corrected chi connectivity index (χ2v) is 8.13. The van der Waals surface area contributed by atoms with Gasteiger partial charge in [0.15, 0.2) is 22.8 Å². The number of nitrogens with one attached hydrogen (secondary N) is 1. The lowest BCUT2D eigenvalue weighted by Gasteiger charge is -2.16. The Labute approximate surface area is 193 Å². The summed E-state index contributed by atoms with van der Waals surface area (Å²) >= 11 is 13.3. The van der Waals surface area contributed by atoms with Crippen LogP contribution in [0.3, 0.4) is 0 Å². The molecule has 10 heteroatoms. The number of halogens is 2. The van der Waals surface area contributed by atoms with Crippen molar-refractivity contribution in [3.63, 3.8) is 0 Å². The van der Waals surface area contributed by atoms with Gasteiger partial charge in [0.2, 0.25) is 0 Å². The Hall–Kier alpha value is -2.68. The van der Waals surface area contributed by atoms with Gasteiger partial charge in [0, 0.05) is 0 Å². The maximum atomic E-state index is 12.4. The average molecular weight is 481 g/mol. The highest BCUT2D eigenvalue weighted by Gasteiger charge is 2.25. The summed E-state index contributed by atoms with van der Waals surface area (Å²) < 4.78 is 10.8. The van der Waals surface area contributed by atoms with Gasteiger partial charge in [-0.3, -0.25) is 4.79 Å². The van der Waals surface area contributed by atoms with Gasteiger partial charge in [-0.15, -0.1) is 0 Å². The highest BCUT2D eigenvalue weighted by Crippen LogP contribution is 2.35. The number of aliphatic imine (C=N–C) groups is 1. The van der Waals surface area contributed by atoms with Crippen molar-refractivity contribution in [2.24, 2.45) is 4.99 Å². The van der Waals surface area contributed by atoms with E-state index in [0.29, 0.717) is 49.3 Å². The molecule has 1 fully saturated rings. The van der Waals surface area contributed by atoms with Crippen LogP contribution in [0, 0.1) is 0 Å². The predicted octanol–water partition coefficient (Wildman–Crippen LogP) is 5.14. The van der Waals surface area contributed by atoms with Crippen LogP contribution in [0.25, 0.3) is 6.08 Å². The Kier molecular flexibility index (Phi) is 7.48. The smallest absolute Gasteiger partial charge is 0.344 e. The lowest BCUT2D eigenvalue weighted by molar-refractivity contribution is -0.145. The van der Waals surface area contributed by atoms with E-state index in [0.717, 1.165) is 11.8 Å². The Bertz CT molecular complexity index is 1090. The molecule has 1 heterocycles. The molecule has 2 N–H and O–H groups in total. The number of aliphatic carboxylic acids is 1. The van der Waals surface area contributed by atoms with Gasteiger partial charge in [0.25, 0.3) is 5.91 Å². The molecule has 1 aliphatic rings. The Balaban J connectivity index is 1.83. The standard InChI is InChI=1S/C21H18Cl2N2O5S/c1-3-14(20(27)28)30-15-8-7-11(9-16(15)29-2)10-17-19(26)25-21(31-17)24-13-6-4-5-12(22)18(13)23/h4-10,14H,3H2,1-2H3,(H,27,28)(H,24,25,26)/b17-10+. The first kappa shape index (κ1) is 23.0. The number of carboxylic acids is 1. The summed E-state index contributed by atoms with van der Waals surface area (Å²) in [4.78, 5) is 28.3. The van der Waals surface area contributed by atoms with Crippen molar-refractivity contribution in [3.05, 3.63) is 56.9 Å². The number of amides is 1. The normalized spacial score (nSPS) is 17.0. The summed E-state index contributed by atoms with van der Waals surface area (Å²) in [5.41, 5.74) is 1.12. The maximum Gasteiger partial charge on any atom is 0.344 e. The number of carbonyl (C=O) groups is 2. The van der Waals surface area contributed by atoms with Crippen LogP contribution in [0.4, 0.5) is 5.69 Å². The Morgan fingerprint density at radius 1 is 1.29 bits per heavy atom. The van der Waals surface area contributed by atoms with E-state index in [1.807, 2.05) is 0 Å². The molecule has 0 aliphatic carbocycles. The largest absolute Gasteiger partial charge is 0.493 e. The van der Waals surface area contributed by atoms with Crippen molar-refractivity contribution in [3.8, 4) is 11.5 Å². The van der Waals surface area contributed by atoms with Crippen molar-refractivity contribution in [1.29, 1.82) is 0 Å². The molecule has 31 heavy (non-hydrogen) atoms. The van der Waals surface area contributed by atoms with Crippen molar-refractivity contribution < 1.29 is 24.2 Å². The fourth-order valence-electron chi connectivity index (χ4n) is 2.65. The van der Waals surface area contributed by atoms with Crippen molar-refractivity contribution >= 4 is 63.8 Å². The zero-order valence-corrected chi connectivity index (χ0v) is 18.8. The van der Waals surface area contributed by atoms with Gasteiger partial charge in [0.05, 0.1) is 27.7 Å². The number of nitrogens with zero attached hydrogens (tertiary/aromatic N) is 1. The lowest BCUT2D eigenvalue weighted by Crippen LogP contribution is -2.26. The summed E-state index contributed by atoms with van der Waals surface area (Å²) in [6.07, 6.45) is 0.995. The molecule has 2 aromatic carbocycles. The van der Waals surface area contributed by atoms with Crippen molar-refractivity contribution in [2.45, 2.75) is 19.4 Å². The number of ether oxygens (including phenoxy) is 2. The monoisotopic (exact) mass is 480 g/mol. The molecular formula is C21H18Cl2N2O5S. The van der Waals surface area contributed by atoms with E-state index in [-0.39, 0.29) is 5.91 Å². The van der Waals surface area contributed by atoms with Crippen LogP contribution in [0.5, 0.6) is 11.5 Å². The third-order valence-electron chi connectivity index (χ3n) is 4.20. The van der Waals surface area contributed by atoms with Gasteiger partial charge >= 0.3 is 5.97 Å². The van der Waals surface area contributed by atoms with E-state index in [1.54, 1.807) is 49.4 Å². The molecule has 0 aromatic heterocycles. The molecule has 162 valence electrons. The highest BCUT2D eigenvalue weighted by molar-refractivity contribution is 8.18. The number of carbonyl (C=O) groups excluding carboxylic acids is 1. The van der Waals surface area contributed by atoms with Crippen molar-refractivity contribution in [1.82, 2.24) is 5.32 Å². The molecule has 0 bridgehead atoms. The second-order valence-electron chi connectivity index (χ2n) is 6.32. The summed E-state index contributed by atoms with van der Waals surface area (Å²) in [5.74, 6) is -0.697. The molecule has 7 nitrogen and oxygen atoms in total. The fraction of sp³-hybridized carbons (Fsp3) is 0.190. The summed E-state index contributed by atoms with van der Waals surface area (Å²) in [6.45, 7) is 1.72. The van der Waals surface area contributed by atoms with E-state index >= 15 is 0 Å². The SMILES string of the molecule is CCC(Oc1ccc(/C=C2/SC(=Nc3cccc(Cl)c3Cl)NC2=O)cc1OC)C(=O)O. The molecule has 1 atom stereocenters. The van der Waals surface area contributed by atoms with Crippen LogP contribution >= 0.6 is 35.0 Å². The lowest BCUT2D eigenvalue weighted by atomic mass is 10.1. The molecular weight excluding hydrogens is 463 g/mol. The fourth-order valence-corrected chi connectivity index (χ4v) is 3.83. The van der Waals surface area contributed by atoms with Crippen LogP contribution in [0.2, 0.25) is 10.0 Å². The summed E-state index contributed by atoms with van der Waals surface area (Å²) in [5, 5.41) is 12.9. The number of carboxylic acid groups (broad SMARTS) is 1. The van der Waals surface area contributed by atoms with Crippen molar-refractivity contribution in [2.75, 3.05) is 7.11 Å². The van der Waals surface area contributed by atoms with Gasteiger partial charge in [-0.05, 0) is 54.1 Å². The minimum Gasteiger partial charge on any atom is -0.493 e. The zero-order chi connectivity index (χ0) is 22.5. The molecule has 1 saturated heterocycles. The number of hydrogen-bond donors (Lipinski definition) is 2. The van der Waals surface area contributed by atoms with Gasteiger partial charge in [-0.1, -0.05) is 42.3 Å².